The number of carbonyl (C=O) groups excluding carboxylic acids is 1. The predicted octanol–water partition coefficient (Wildman–Crippen LogP) is 1.86. The quantitative estimate of drug-likeness (QED) is 0.861. The number of rotatable bonds is 3. The van der Waals surface area contributed by atoms with E-state index in [1.165, 1.54) is 13.8 Å². The molecule has 7 heteroatoms. The Hall–Kier alpha value is -1.63. The van der Waals surface area contributed by atoms with Gasteiger partial charge in [0.2, 0.25) is 0 Å². The molecular formula is C13H16F3N3O. The van der Waals surface area contributed by atoms with Crippen molar-refractivity contribution in [2.45, 2.75) is 20.0 Å². The van der Waals surface area contributed by atoms with Crippen molar-refractivity contribution in [3.05, 3.63) is 23.4 Å². The van der Waals surface area contributed by atoms with Crippen molar-refractivity contribution in [2.24, 2.45) is 11.0 Å². The van der Waals surface area contributed by atoms with Crippen LogP contribution in [0.5, 0.6) is 0 Å². The number of hydrogen-bond acceptors (Lipinski definition) is 4. The fraction of sp³-hybridized carbons (Fsp3) is 0.538. The van der Waals surface area contributed by atoms with Crippen LogP contribution in [0.1, 0.15) is 13.8 Å². The molecule has 2 heterocycles. The molecule has 1 saturated heterocycles. The molecule has 0 aromatic rings. The molecule has 0 aromatic heterocycles. The van der Waals surface area contributed by atoms with Gasteiger partial charge in [0, 0.05) is 25.6 Å². The molecule has 110 valence electrons. The summed E-state index contributed by atoms with van der Waals surface area (Å²) in [6.45, 7) is 7.71. The Morgan fingerprint density at radius 2 is 2.10 bits per heavy atom. The summed E-state index contributed by atoms with van der Waals surface area (Å²) in [6.07, 6.45) is -4.45. The molecule has 0 aromatic carbocycles. The van der Waals surface area contributed by atoms with Gasteiger partial charge in [-0.05, 0) is 19.4 Å². The zero-order valence-electron chi connectivity index (χ0n) is 11.3. The standard InChI is InChI=1S/C13H16F3N3O/c1-7-11(6-19-4-10(5-19)9(3)20)18-17-8(2)12(7)13(14,15)16/h10,17H,2,4-6H2,1,3H3. The van der Waals surface area contributed by atoms with E-state index in [4.69, 9.17) is 0 Å². The van der Waals surface area contributed by atoms with Crippen LogP contribution in [0.4, 0.5) is 13.2 Å². The summed E-state index contributed by atoms with van der Waals surface area (Å²) in [6, 6.07) is 0. The summed E-state index contributed by atoms with van der Waals surface area (Å²) in [4.78, 5) is 13.0. The number of carbonyl (C=O) groups is 1. The summed E-state index contributed by atoms with van der Waals surface area (Å²) in [5, 5.41) is 3.93. The number of hydrazone groups is 1. The van der Waals surface area contributed by atoms with Gasteiger partial charge < -0.3 is 0 Å². The molecule has 0 radical (unpaired) electrons. The van der Waals surface area contributed by atoms with Crippen LogP contribution in [-0.2, 0) is 4.79 Å². The molecule has 0 amide bonds. The van der Waals surface area contributed by atoms with Crippen LogP contribution in [-0.4, -0.2) is 42.2 Å². The zero-order chi connectivity index (χ0) is 15.1. The van der Waals surface area contributed by atoms with Crippen molar-refractivity contribution in [2.75, 3.05) is 19.6 Å². The lowest BCUT2D eigenvalue weighted by atomic mass is 9.94. The zero-order valence-corrected chi connectivity index (χ0v) is 11.3. The molecular weight excluding hydrogens is 271 g/mol. The first-order chi connectivity index (χ1) is 9.20. The van der Waals surface area contributed by atoms with Crippen molar-refractivity contribution in [3.63, 3.8) is 0 Å². The fourth-order valence-corrected chi connectivity index (χ4v) is 2.35. The van der Waals surface area contributed by atoms with Crippen LogP contribution in [0.15, 0.2) is 28.5 Å². The summed E-state index contributed by atoms with van der Waals surface area (Å²) >= 11 is 0. The van der Waals surface area contributed by atoms with Gasteiger partial charge in [-0.3, -0.25) is 15.1 Å². The maximum Gasteiger partial charge on any atom is 0.418 e. The van der Waals surface area contributed by atoms with Crippen molar-refractivity contribution < 1.29 is 18.0 Å². The van der Waals surface area contributed by atoms with Crippen LogP contribution < -0.4 is 5.43 Å². The van der Waals surface area contributed by atoms with E-state index in [2.05, 4.69) is 17.1 Å². The molecule has 2 rings (SSSR count). The van der Waals surface area contributed by atoms with Crippen LogP contribution in [0.25, 0.3) is 0 Å². The highest BCUT2D eigenvalue weighted by Crippen LogP contribution is 2.34. The molecule has 0 saturated carbocycles. The average molecular weight is 287 g/mol. The van der Waals surface area contributed by atoms with E-state index < -0.39 is 11.7 Å². The van der Waals surface area contributed by atoms with E-state index in [9.17, 15) is 18.0 Å². The lowest BCUT2D eigenvalue weighted by Crippen LogP contribution is -2.52. The van der Waals surface area contributed by atoms with Gasteiger partial charge in [0.1, 0.15) is 5.78 Å². The van der Waals surface area contributed by atoms with E-state index in [0.717, 1.165) is 0 Å². The van der Waals surface area contributed by atoms with Gasteiger partial charge in [0.25, 0.3) is 0 Å². The normalized spacial score (nSPS) is 21.4. The summed E-state index contributed by atoms with van der Waals surface area (Å²) < 4.78 is 38.8. The largest absolute Gasteiger partial charge is 0.418 e. The molecule has 2 aliphatic rings. The Balaban J connectivity index is 2.09. The summed E-state index contributed by atoms with van der Waals surface area (Å²) in [5.74, 6) is 0.107. The molecule has 0 atom stereocenters. The third kappa shape index (κ3) is 2.77. The monoisotopic (exact) mass is 287 g/mol. The Labute approximate surface area is 115 Å². The average Bonchev–Trinajstić information content (AvgIpc) is 2.22. The molecule has 2 aliphatic heterocycles. The first-order valence-corrected chi connectivity index (χ1v) is 6.23. The minimum Gasteiger partial charge on any atom is -0.300 e. The smallest absolute Gasteiger partial charge is 0.300 e. The molecule has 0 bridgehead atoms. The van der Waals surface area contributed by atoms with E-state index >= 15 is 0 Å². The second-order valence-electron chi connectivity index (χ2n) is 5.15. The minimum absolute atomic E-state index is 0.00603. The van der Waals surface area contributed by atoms with Gasteiger partial charge >= 0.3 is 6.18 Å². The minimum atomic E-state index is -4.45. The van der Waals surface area contributed by atoms with Gasteiger partial charge in [-0.2, -0.15) is 18.3 Å². The number of likely N-dealkylation sites (tertiary alicyclic amines) is 1. The van der Waals surface area contributed by atoms with Gasteiger partial charge in [0.15, 0.2) is 0 Å². The third-order valence-corrected chi connectivity index (χ3v) is 3.62. The van der Waals surface area contributed by atoms with Crippen LogP contribution in [0, 0.1) is 5.92 Å². The van der Waals surface area contributed by atoms with Crippen molar-refractivity contribution in [3.8, 4) is 0 Å². The van der Waals surface area contributed by atoms with Crippen molar-refractivity contribution in [1.82, 2.24) is 10.3 Å². The Morgan fingerprint density at radius 3 is 2.60 bits per heavy atom. The van der Waals surface area contributed by atoms with E-state index in [-0.39, 0.29) is 23.0 Å². The maximum atomic E-state index is 12.9. The van der Waals surface area contributed by atoms with E-state index in [1.807, 2.05) is 4.90 Å². The molecule has 20 heavy (non-hydrogen) atoms. The molecule has 1 fully saturated rings. The fourth-order valence-electron chi connectivity index (χ4n) is 2.35. The van der Waals surface area contributed by atoms with Gasteiger partial charge in [-0.15, -0.1) is 0 Å². The molecule has 0 unspecified atom stereocenters. The van der Waals surface area contributed by atoms with Crippen LogP contribution >= 0.6 is 0 Å². The van der Waals surface area contributed by atoms with Crippen molar-refractivity contribution >= 4 is 11.5 Å². The summed E-state index contributed by atoms with van der Waals surface area (Å²) in [7, 11) is 0. The lowest BCUT2D eigenvalue weighted by Gasteiger charge is -2.38. The number of halogens is 3. The first-order valence-electron chi connectivity index (χ1n) is 6.23. The number of Topliss-reactive ketones (excluding diaryl/α,β-unsaturated/α-hetero) is 1. The first kappa shape index (κ1) is 14.8. The number of ketones is 1. The van der Waals surface area contributed by atoms with Crippen molar-refractivity contribution in [1.29, 1.82) is 0 Å². The highest BCUT2D eigenvalue weighted by molar-refractivity contribution is 6.03. The van der Waals surface area contributed by atoms with Crippen LogP contribution in [0.3, 0.4) is 0 Å². The molecule has 0 spiro atoms. The molecule has 1 N–H and O–H groups in total. The van der Waals surface area contributed by atoms with Gasteiger partial charge in [0.05, 0.1) is 17.0 Å². The summed E-state index contributed by atoms with van der Waals surface area (Å²) in [5.41, 5.74) is 1.77. The lowest BCUT2D eigenvalue weighted by molar-refractivity contribution is -0.125. The number of nitrogens with one attached hydrogen (secondary N) is 1. The van der Waals surface area contributed by atoms with Gasteiger partial charge in [-0.1, -0.05) is 6.58 Å². The molecule has 4 nitrogen and oxygen atoms in total. The molecule has 0 aliphatic carbocycles. The van der Waals surface area contributed by atoms with E-state index in [0.29, 0.717) is 25.3 Å². The topological polar surface area (TPSA) is 44.7 Å². The predicted molar refractivity (Wildman–Crippen MR) is 69.1 cm³/mol. The van der Waals surface area contributed by atoms with E-state index in [1.54, 1.807) is 0 Å². The SMILES string of the molecule is C=C1NN=C(CN2CC(C(C)=O)C2)C(C)=C1C(F)(F)F. The number of alkyl halides is 3. The third-order valence-electron chi connectivity index (χ3n) is 3.62. The Bertz CT molecular complexity index is 513. The highest BCUT2D eigenvalue weighted by Gasteiger charge is 2.40. The van der Waals surface area contributed by atoms with Gasteiger partial charge in [-0.25, -0.2) is 0 Å². The highest BCUT2D eigenvalue weighted by atomic mass is 19.4. The Morgan fingerprint density at radius 1 is 1.50 bits per heavy atom. The number of hydrogen-bond donors (Lipinski definition) is 1. The Kier molecular flexibility index (Phi) is 3.73. The second-order valence-corrected chi connectivity index (χ2v) is 5.15. The maximum absolute atomic E-state index is 12.9. The number of nitrogens with zero attached hydrogens (tertiary/aromatic N) is 2. The second kappa shape index (κ2) is 5.05. The number of allylic oxidation sites excluding steroid dienone is 1. The van der Waals surface area contributed by atoms with Crippen LogP contribution in [0.2, 0.25) is 0 Å².